The summed E-state index contributed by atoms with van der Waals surface area (Å²) in [4.78, 5) is 14.4. The molecule has 2 rings (SSSR count). The second kappa shape index (κ2) is 10.7. The standard InChI is InChI=1S/C19H31N3O6/c1-3-22(4-2)10-9-20-18(27)12-5-7-13(8-6-12)21-19-17(26)16(25)15(24)14(11-23)28-19/h5-8,14-17,19,21,23-26H,3-4,9-11H2,1-2H3,(H,20,27)/t14-,15-,16+,17-,19+/m1/s1. The number of carbonyl (C=O) groups is 1. The lowest BCUT2D eigenvalue weighted by atomic mass is 9.98. The Morgan fingerprint density at radius 3 is 2.29 bits per heavy atom. The summed E-state index contributed by atoms with van der Waals surface area (Å²) in [7, 11) is 0. The molecule has 0 saturated carbocycles. The molecule has 1 aliphatic rings. The quantitative estimate of drug-likeness (QED) is 0.312. The van der Waals surface area contributed by atoms with Gasteiger partial charge in [0.05, 0.1) is 6.61 Å². The van der Waals surface area contributed by atoms with Crippen LogP contribution >= 0.6 is 0 Å². The fourth-order valence-electron chi connectivity index (χ4n) is 3.07. The first-order valence-corrected chi connectivity index (χ1v) is 9.58. The molecular formula is C19H31N3O6. The highest BCUT2D eigenvalue weighted by Crippen LogP contribution is 2.23. The SMILES string of the molecule is CCN(CC)CCNC(=O)c1ccc(N[C@H]2O[C@H](CO)[C@@H](O)[C@H](O)[C@H]2O)cc1. The van der Waals surface area contributed by atoms with Crippen molar-refractivity contribution in [3.63, 3.8) is 0 Å². The summed E-state index contributed by atoms with van der Waals surface area (Å²) in [6, 6.07) is 6.58. The van der Waals surface area contributed by atoms with Crippen molar-refractivity contribution < 1.29 is 30.0 Å². The maximum Gasteiger partial charge on any atom is 0.251 e. The predicted octanol–water partition coefficient (Wildman–Crippen LogP) is -1.03. The maximum atomic E-state index is 12.2. The summed E-state index contributed by atoms with van der Waals surface area (Å²) in [5, 5.41) is 44.7. The zero-order valence-electron chi connectivity index (χ0n) is 16.3. The topological polar surface area (TPSA) is 135 Å². The van der Waals surface area contributed by atoms with Gasteiger partial charge >= 0.3 is 0 Å². The van der Waals surface area contributed by atoms with Crippen LogP contribution in [-0.4, -0.2) is 94.7 Å². The minimum Gasteiger partial charge on any atom is -0.394 e. The molecule has 0 aliphatic carbocycles. The lowest BCUT2D eigenvalue weighted by molar-refractivity contribution is -0.221. The van der Waals surface area contributed by atoms with E-state index < -0.39 is 37.3 Å². The molecule has 9 heteroatoms. The van der Waals surface area contributed by atoms with Crippen molar-refractivity contribution >= 4 is 11.6 Å². The molecule has 28 heavy (non-hydrogen) atoms. The molecule has 0 radical (unpaired) electrons. The highest BCUT2D eigenvalue weighted by atomic mass is 16.6. The first-order valence-electron chi connectivity index (χ1n) is 9.58. The van der Waals surface area contributed by atoms with Crippen LogP contribution in [0.25, 0.3) is 0 Å². The van der Waals surface area contributed by atoms with Crippen molar-refractivity contribution in [3.05, 3.63) is 29.8 Å². The fraction of sp³-hybridized carbons (Fsp3) is 0.632. The number of benzene rings is 1. The lowest BCUT2D eigenvalue weighted by Crippen LogP contribution is -2.60. The summed E-state index contributed by atoms with van der Waals surface area (Å²) in [6.07, 6.45) is -6.21. The van der Waals surface area contributed by atoms with Gasteiger partial charge in [0.2, 0.25) is 0 Å². The molecule has 1 fully saturated rings. The van der Waals surface area contributed by atoms with E-state index >= 15 is 0 Å². The van der Waals surface area contributed by atoms with E-state index in [0.29, 0.717) is 17.8 Å². The molecule has 1 aromatic carbocycles. The molecule has 158 valence electrons. The van der Waals surface area contributed by atoms with E-state index in [4.69, 9.17) is 4.74 Å². The van der Waals surface area contributed by atoms with Gasteiger partial charge in [-0.15, -0.1) is 0 Å². The molecule has 1 amide bonds. The van der Waals surface area contributed by atoms with Gasteiger partial charge in [-0.2, -0.15) is 0 Å². The number of carbonyl (C=O) groups excluding carboxylic acids is 1. The van der Waals surface area contributed by atoms with Crippen molar-refractivity contribution in [2.75, 3.05) is 38.1 Å². The second-order valence-corrected chi connectivity index (χ2v) is 6.75. The molecular weight excluding hydrogens is 366 g/mol. The largest absolute Gasteiger partial charge is 0.394 e. The summed E-state index contributed by atoms with van der Waals surface area (Å²) >= 11 is 0. The number of nitrogens with zero attached hydrogens (tertiary/aromatic N) is 1. The van der Waals surface area contributed by atoms with E-state index in [1.807, 2.05) is 0 Å². The Kier molecular flexibility index (Phi) is 8.61. The molecule has 1 heterocycles. The van der Waals surface area contributed by atoms with Crippen molar-refractivity contribution in [2.24, 2.45) is 0 Å². The van der Waals surface area contributed by atoms with Crippen molar-refractivity contribution in [1.82, 2.24) is 10.2 Å². The molecule has 0 aromatic heterocycles. The molecule has 0 unspecified atom stereocenters. The maximum absolute atomic E-state index is 12.2. The van der Waals surface area contributed by atoms with Crippen LogP contribution in [0.2, 0.25) is 0 Å². The Morgan fingerprint density at radius 1 is 1.07 bits per heavy atom. The van der Waals surface area contributed by atoms with Crippen LogP contribution in [0.5, 0.6) is 0 Å². The first-order chi connectivity index (χ1) is 13.4. The van der Waals surface area contributed by atoms with Gasteiger partial charge in [-0.3, -0.25) is 4.79 Å². The number of hydrogen-bond donors (Lipinski definition) is 6. The molecule has 1 aromatic rings. The molecule has 0 spiro atoms. The third-order valence-electron chi connectivity index (χ3n) is 4.96. The number of nitrogens with one attached hydrogen (secondary N) is 2. The third-order valence-corrected chi connectivity index (χ3v) is 4.96. The van der Waals surface area contributed by atoms with Gasteiger partial charge < -0.3 is 40.7 Å². The van der Waals surface area contributed by atoms with E-state index in [9.17, 15) is 25.2 Å². The number of amides is 1. The highest BCUT2D eigenvalue weighted by molar-refractivity contribution is 5.94. The molecule has 1 saturated heterocycles. The molecule has 0 bridgehead atoms. The monoisotopic (exact) mass is 397 g/mol. The average Bonchev–Trinajstić information content (AvgIpc) is 2.72. The second-order valence-electron chi connectivity index (χ2n) is 6.75. The Hall–Kier alpha value is -1.75. The Balaban J connectivity index is 1.90. The summed E-state index contributed by atoms with van der Waals surface area (Å²) < 4.78 is 5.40. The van der Waals surface area contributed by atoms with Gasteiger partial charge in [-0.05, 0) is 37.4 Å². The van der Waals surface area contributed by atoms with E-state index in [2.05, 4.69) is 29.4 Å². The molecule has 1 aliphatic heterocycles. The molecule has 6 N–H and O–H groups in total. The van der Waals surface area contributed by atoms with Crippen LogP contribution in [0.15, 0.2) is 24.3 Å². The number of anilines is 1. The number of likely N-dealkylation sites (N-methyl/N-ethyl adjacent to an activating group) is 1. The van der Waals surface area contributed by atoms with Crippen LogP contribution < -0.4 is 10.6 Å². The number of ether oxygens (including phenoxy) is 1. The summed E-state index contributed by atoms with van der Waals surface area (Å²) in [6.45, 7) is 6.88. The Bertz CT molecular complexity index is 608. The summed E-state index contributed by atoms with van der Waals surface area (Å²) in [5.74, 6) is -0.174. The van der Waals surface area contributed by atoms with Crippen molar-refractivity contribution in [3.8, 4) is 0 Å². The van der Waals surface area contributed by atoms with Gasteiger partial charge in [0.15, 0.2) is 6.23 Å². The van der Waals surface area contributed by atoms with Gasteiger partial charge in [0.1, 0.15) is 24.4 Å². The van der Waals surface area contributed by atoms with Gasteiger partial charge in [-0.25, -0.2) is 0 Å². The zero-order valence-corrected chi connectivity index (χ0v) is 16.3. The van der Waals surface area contributed by atoms with Gasteiger partial charge in [-0.1, -0.05) is 13.8 Å². The number of rotatable bonds is 9. The Labute approximate surface area is 164 Å². The van der Waals surface area contributed by atoms with Crippen LogP contribution in [0.1, 0.15) is 24.2 Å². The van der Waals surface area contributed by atoms with E-state index in [1.165, 1.54) is 0 Å². The minimum absolute atomic E-state index is 0.174. The molecule has 9 nitrogen and oxygen atoms in total. The van der Waals surface area contributed by atoms with E-state index in [0.717, 1.165) is 19.6 Å². The summed E-state index contributed by atoms with van der Waals surface area (Å²) in [5.41, 5.74) is 1.06. The normalized spacial score (nSPS) is 27.6. The third kappa shape index (κ3) is 5.63. The highest BCUT2D eigenvalue weighted by Gasteiger charge is 2.43. The van der Waals surface area contributed by atoms with Crippen molar-refractivity contribution in [2.45, 2.75) is 44.5 Å². The zero-order chi connectivity index (χ0) is 20.7. The van der Waals surface area contributed by atoms with Gasteiger partial charge in [0, 0.05) is 24.3 Å². The Morgan fingerprint density at radius 2 is 1.71 bits per heavy atom. The van der Waals surface area contributed by atoms with Crippen LogP contribution in [0.3, 0.4) is 0 Å². The van der Waals surface area contributed by atoms with Crippen LogP contribution in [0, 0.1) is 0 Å². The van der Waals surface area contributed by atoms with E-state index in [-0.39, 0.29) is 5.91 Å². The van der Waals surface area contributed by atoms with Crippen LogP contribution in [-0.2, 0) is 4.74 Å². The predicted molar refractivity (Wildman–Crippen MR) is 104 cm³/mol. The van der Waals surface area contributed by atoms with Crippen molar-refractivity contribution in [1.29, 1.82) is 0 Å². The minimum atomic E-state index is -1.45. The van der Waals surface area contributed by atoms with E-state index in [1.54, 1.807) is 24.3 Å². The number of aliphatic hydroxyl groups excluding tert-OH is 4. The van der Waals surface area contributed by atoms with Gasteiger partial charge in [0.25, 0.3) is 5.91 Å². The number of aliphatic hydroxyl groups is 4. The number of hydrogen-bond acceptors (Lipinski definition) is 8. The molecule has 5 atom stereocenters. The smallest absolute Gasteiger partial charge is 0.251 e. The van der Waals surface area contributed by atoms with Crippen LogP contribution in [0.4, 0.5) is 5.69 Å². The lowest BCUT2D eigenvalue weighted by Gasteiger charge is -2.40. The average molecular weight is 397 g/mol. The fourth-order valence-corrected chi connectivity index (χ4v) is 3.07. The first kappa shape index (κ1) is 22.5.